The molecule has 0 amide bonds. The molecule has 5 aliphatic rings. The van der Waals surface area contributed by atoms with Gasteiger partial charge in [-0.25, -0.2) is 4.79 Å². The molecule has 0 radical (unpaired) electrons. The maximum absolute atomic E-state index is 11.9. The van der Waals surface area contributed by atoms with E-state index < -0.39 is 5.60 Å². The molecular formula is C26H34O6. The summed E-state index contributed by atoms with van der Waals surface area (Å²) in [6, 6.07) is 3.47. The number of esters is 1. The summed E-state index contributed by atoms with van der Waals surface area (Å²) in [5.41, 5.74) is -0.284. The lowest BCUT2D eigenvalue weighted by molar-refractivity contribution is -0.227. The van der Waals surface area contributed by atoms with Crippen LogP contribution in [0.5, 0.6) is 0 Å². The normalized spacial score (nSPS) is 51.1. The average Bonchev–Trinajstić information content (AvgIpc) is 3.39. The van der Waals surface area contributed by atoms with Gasteiger partial charge in [-0.2, -0.15) is 0 Å². The zero-order valence-corrected chi connectivity index (χ0v) is 19.3. The van der Waals surface area contributed by atoms with E-state index in [2.05, 4.69) is 13.8 Å². The first-order chi connectivity index (χ1) is 15.1. The highest BCUT2D eigenvalue weighted by atomic mass is 16.6. The molecule has 1 aliphatic heterocycles. The molecule has 4 aliphatic carbocycles. The first kappa shape index (κ1) is 20.9. The van der Waals surface area contributed by atoms with Crippen LogP contribution in [0.2, 0.25) is 0 Å². The van der Waals surface area contributed by atoms with Gasteiger partial charge in [0, 0.05) is 24.8 Å². The van der Waals surface area contributed by atoms with E-state index in [4.69, 9.17) is 13.9 Å². The summed E-state index contributed by atoms with van der Waals surface area (Å²) in [7, 11) is 0. The van der Waals surface area contributed by atoms with Gasteiger partial charge in [0.05, 0.1) is 18.0 Å². The first-order valence-corrected chi connectivity index (χ1v) is 12.3. The second-order valence-corrected chi connectivity index (χ2v) is 11.7. The van der Waals surface area contributed by atoms with Crippen molar-refractivity contribution in [2.45, 2.75) is 101 Å². The van der Waals surface area contributed by atoms with Crippen molar-refractivity contribution in [2.75, 3.05) is 0 Å². The molecule has 0 bridgehead atoms. The Kier molecular flexibility index (Phi) is 4.23. The van der Waals surface area contributed by atoms with Crippen LogP contribution in [-0.4, -0.2) is 34.5 Å². The van der Waals surface area contributed by atoms with E-state index in [0.29, 0.717) is 24.2 Å². The Morgan fingerprint density at radius 1 is 1.09 bits per heavy atom. The van der Waals surface area contributed by atoms with Crippen molar-refractivity contribution < 1.29 is 23.8 Å². The molecule has 2 heterocycles. The lowest BCUT2D eigenvalue weighted by Gasteiger charge is -2.64. The van der Waals surface area contributed by atoms with Crippen molar-refractivity contribution in [2.24, 2.45) is 22.7 Å². The Balaban J connectivity index is 1.31. The van der Waals surface area contributed by atoms with Crippen molar-refractivity contribution >= 4 is 5.97 Å². The molecule has 174 valence electrons. The summed E-state index contributed by atoms with van der Waals surface area (Å²) in [5, 5.41) is 11.9. The third kappa shape index (κ3) is 2.48. The number of carbonyl (C=O) groups excluding carboxylic acids is 1. The topological polar surface area (TPSA) is 89.3 Å². The smallest absolute Gasteiger partial charge is 0.335 e. The Labute approximate surface area is 188 Å². The van der Waals surface area contributed by atoms with Gasteiger partial charge in [0.15, 0.2) is 0 Å². The van der Waals surface area contributed by atoms with E-state index in [1.807, 2.05) is 6.07 Å². The van der Waals surface area contributed by atoms with Crippen LogP contribution in [0.15, 0.2) is 27.6 Å². The van der Waals surface area contributed by atoms with E-state index in [-0.39, 0.29) is 40.2 Å². The molecule has 9 atom stereocenters. The molecule has 1 saturated heterocycles. The SMILES string of the molecule is CC(=O)O[C@H]1CC[C@]2(C)C3CC[C@]4(C)[C@@H](c5ccc(=O)oc5)C[C@H]5O[C@]54C3CC[C@]2(O)C1. The minimum atomic E-state index is -0.790. The fraction of sp³-hybridized carbons (Fsp3) is 0.769. The molecule has 1 aromatic rings. The molecule has 1 aromatic heterocycles. The summed E-state index contributed by atoms with van der Waals surface area (Å²) in [5.74, 6) is 0.915. The number of fused-ring (bicyclic) bond motifs is 3. The molecule has 1 spiro atoms. The van der Waals surface area contributed by atoms with Crippen molar-refractivity contribution in [1.82, 2.24) is 0 Å². The summed E-state index contributed by atoms with van der Waals surface area (Å²) in [4.78, 5) is 23.0. The van der Waals surface area contributed by atoms with E-state index in [1.54, 1.807) is 6.26 Å². The van der Waals surface area contributed by atoms with E-state index in [1.165, 1.54) is 13.0 Å². The first-order valence-electron chi connectivity index (χ1n) is 12.3. The lowest BCUT2D eigenvalue weighted by Crippen LogP contribution is -2.65. The van der Waals surface area contributed by atoms with Gasteiger partial charge in [-0.3, -0.25) is 4.79 Å². The molecule has 6 heteroatoms. The Hall–Kier alpha value is -1.66. The fourth-order valence-electron chi connectivity index (χ4n) is 9.05. The molecule has 4 saturated carbocycles. The summed E-state index contributed by atoms with van der Waals surface area (Å²) < 4.78 is 17.3. The number of hydrogen-bond acceptors (Lipinski definition) is 6. The molecule has 5 fully saturated rings. The van der Waals surface area contributed by atoms with Crippen molar-refractivity contribution in [3.05, 3.63) is 34.4 Å². The van der Waals surface area contributed by atoms with Crippen LogP contribution in [-0.2, 0) is 14.3 Å². The number of ether oxygens (including phenoxy) is 2. The van der Waals surface area contributed by atoms with Gasteiger partial charge < -0.3 is 19.0 Å². The lowest BCUT2D eigenvalue weighted by atomic mass is 9.42. The average molecular weight is 443 g/mol. The number of rotatable bonds is 2. The third-order valence-electron chi connectivity index (χ3n) is 10.6. The van der Waals surface area contributed by atoms with E-state index in [0.717, 1.165) is 50.5 Å². The standard InChI is InChI=1S/C26H34O6/c1-15(27)31-17-6-9-23(2)18-7-10-24(3)20(16-4-5-22(28)30-14-16)12-21-26(24,32-21)19(18)8-11-25(23,29)13-17/h4-5,14,17-21,29H,6-13H2,1-3H3/t17-,18?,19?,20+,21+,23+,24+,25-,26+/m0/s1. The number of epoxide rings is 1. The second kappa shape index (κ2) is 6.47. The summed E-state index contributed by atoms with van der Waals surface area (Å²) >= 11 is 0. The quantitative estimate of drug-likeness (QED) is 0.551. The van der Waals surface area contributed by atoms with E-state index in [9.17, 15) is 14.7 Å². The van der Waals surface area contributed by atoms with Crippen LogP contribution < -0.4 is 5.63 Å². The van der Waals surface area contributed by atoms with Gasteiger partial charge in [-0.1, -0.05) is 13.8 Å². The fourth-order valence-corrected chi connectivity index (χ4v) is 9.05. The predicted octanol–water partition coefficient (Wildman–Crippen LogP) is 3.94. The largest absolute Gasteiger partial charge is 0.462 e. The summed E-state index contributed by atoms with van der Waals surface area (Å²) in [6.07, 6.45) is 8.77. The van der Waals surface area contributed by atoms with Crippen LogP contribution in [0, 0.1) is 22.7 Å². The molecule has 2 unspecified atom stereocenters. The molecule has 1 N–H and O–H groups in total. The Morgan fingerprint density at radius 2 is 1.84 bits per heavy atom. The highest BCUT2D eigenvalue weighted by Gasteiger charge is 2.81. The Morgan fingerprint density at radius 3 is 2.56 bits per heavy atom. The van der Waals surface area contributed by atoms with Crippen LogP contribution in [0.1, 0.15) is 83.6 Å². The second-order valence-electron chi connectivity index (χ2n) is 11.7. The highest BCUT2D eigenvalue weighted by Crippen LogP contribution is 2.78. The molecule has 6 rings (SSSR count). The number of aliphatic hydroxyl groups is 1. The molecule has 0 aromatic carbocycles. The van der Waals surface area contributed by atoms with Crippen LogP contribution >= 0.6 is 0 Å². The van der Waals surface area contributed by atoms with Gasteiger partial charge in [-0.15, -0.1) is 0 Å². The van der Waals surface area contributed by atoms with Gasteiger partial charge in [0.2, 0.25) is 0 Å². The van der Waals surface area contributed by atoms with Crippen LogP contribution in [0.4, 0.5) is 0 Å². The van der Waals surface area contributed by atoms with Gasteiger partial charge in [0.25, 0.3) is 0 Å². The van der Waals surface area contributed by atoms with Crippen molar-refractivity contribution in [3.8, 4) is 0 Å². The zero-order chi connectivity index (χ0) is 22.5. The monoisotopic (exact) mass is 442 g/mol. The van der Waals surface area contributed by atoms with Gasteiger partial charge in [-0.05, 0) is 79.7 Å². The van der Waals surface area contributed by atoms with Gasteiger partial charge >= 0.3 is 11.6 Å². The van der Waals surface area contributed by atoms with E-state index >= 15 is 0 Å². The third-order valence-corrected chi connectivity index (χ3v) is 10.6. The predicted molar refractivity (Wildman–Crippen MR) is 116 cm³/mol. The van der Waals surface area contributed by atoms with Gasteiger partial charge in [0.1, 0.15) is 11.7 Å². The van der Waals surface area contributed by atoms with Crippen molar-refractivity contribution in [1.29, 1.82) is 0 Å². The molecule has 6 nitrogen and oxygen atoms in total. The molecule has 32 heavy (non-hydrogen) atoms. The number of hydrogen-bond donors (Lipinski definition) is 1. The zero-order valence-electron chi connectivity index (χ0n) is 19.3. The Bertz CT molecular complexity index is 997. The van der Waals surface area contributed by atoms with Crippen LogP contribution in [0.3, 0.4) is 0 Å². The van der Waals surface area contributed by atoms with Crippen molar-refractivity contribution in [3.63, 3.8) is 0 Å². The maximum Gasteiger partial charge on any atom is 0.335 e. The highest BCUT2D eigenvalue weighted by molar-refractivity contribution is 5.66. The summed E-state index contributed by atoms with van der Waals surface area (Å²) in [6.45, 7) is 6.12. The number of carbonyl (C=O) groups is 1. The molecular weight excluding hydrogens is 408 g/mol. The maximum atomic E-state index is 11.9. The van der Waals surface area contributed by atoms with Crippen LogP contribution in [0.25, 0.3) is 0 Å². The minimum absolute atomic E-state index is 0.0134. The minimum Gasteiger partial charge on any atom is -0.462 e.